The van der Waals surface area contributed by atoms with Crippen molar-refractivity contribution in [2.75, 3.05) is 30.7 Å². The molecule has 1 fully saturated rings. The molecule has 0 aliphatic carbocycles. The minimum atomic E-state index is -0.747. The number of carboxylic acids is 1. The van der Waals surface area contributed by atoms with Gasteiger partial charge in [-0.2, -0.15) is 0 Å². The Morgan fingerprint density at radius 1 is 1.40 bits per heavy atom. The van der Waals surface area contributed by atoms with Crippen molar-refractivity contribution in [3.8, 4) is 0 Å². The third kappa shape index (κ3) is 6.92. The van der Waals surface area contributed by atoms with Crippen LogP contribution in [0.25, 0.3) is 0 Å². The van der Waals surface area contributed by atoms with Crippen molar-refractivity contribution in [3.63, 3.8) is 0 Å². The van der Waals surface area contributed by atoms with Crippen LogP contribution in [0.2, 0.25) is 0 Å². The highest BCUT2D eigenvalue weighted by atomic mass is 32.2. The number of thioether (sulfide) groups is 1. The van der Waals surface area contributed by atoms with Crippen LogP contribution in [0.15, 0.2) is 41.8 Å². The van der Waals surface area contributed by atoms with Gasteiger partial charge in [0.25, 0.3) is 0 Å². The molecule has 0 saturated carbocycles. The van der Waals surface area contributed by atoms with Gasteiger partial charge in [-0.3, -0.25) is 14.5 Å². The number of carboxylic acid groups (broad SMARTS) is 1. The summed E-state index contributed by atoms with van der Waals surface area (Å²) in [5.74, 6) is 0.395. The molecule has 1 aromatic carbocycles. The summed E-state index contributed by atoms with van der Waals surface area (Å²) in [6.07, 6.45) is 4.80. The maximum Gasteiger partial charge on any atom is 0.303 e. The highest BCUT2D eigenvalue weighted by molar-refractivity contribution is 7.99. The molecule has 136 valence electrons. The fourth-order valence-corrected chi connectivity index (χ4v) is 3.84. The maximum absolute atomic E-state index is 12.4. The van der Waals surface area contributed by atoms with E-state index >= 15 is 0 Å². The molecule has 0 bridgehead atoms. The minimum Gasteiger partial charge on any atom is -0.481 e. The summed E-state index contributed by atoms with van der Waals surface area (Å²) in [6.45, 7) is 5.77. The Kier molecular flexibility index (Phi) is 8.01. The van der Waals surface area contributed by atoms with Gasteiger partial charge in [0.2, 0.25) is 5.91 Å². The molecule has 25 heavy (non-hydrogen) atoms. The average Bonchev–Trinajstić information content (AvgIpc) is 2.59. The molecule has 2 N–H and O–H groups in total. The van der Waals surface area contributed by atoms with Crippen LogP contribution in [0.5, 0.6) is 0 Å². The van der Waals surface area contributed by atoms with Crippen LogP contribution in [-0.2, 0) is 9.59 Å². The Bertz CT molecular complexity index is 606. The first-order valence-corrected chi connectivity index (χ1v) is 9.63. The van der Waals surface area contributed by atoms with Crippen molar-refractivity contribution in [1.29, 1.82) is 0 Å². The summed E-state index contributed by atoms with van der Waals surface area (Å²) < 4.78 is 0. The minimum absolute atomic E-state index is 0.0227. The lowest BCUT2D eigenvalue weighted by Gasteiger charge is -2.32. The van der Waals surface area contributed by atoms with Crippen molar-refractivity contribution in [2.24, 2.45) is 5.92 Å². The lowest BCUT2D eigenvalue weighted by Crippen LogP contribution is -2.40. The Labute approximate surface area is 153 Å². The third-order valence-electron chi connectivity index (χ3n) is 4.25. The predicted molar refractivity (Wildman–Crippen MR) is 102 cm³/mol. The van der Waals surface area contributed by atoms with Gasteiger partial charge in [-0.1, -0.05) is 18.2 Å². The second kappa shape index (κ2) is 10.3. The molecule has 0 spiro atoms. The standard InChI is InChI=1S/C19H26N2O3S/c1-2-12-25-17-8-4-3-7-16(17)20-18(22)14-21-11-5-6-15(13-21)9-10-19(23)24/h2-4,7-8,15H,1,5-6,9-14H2,(H,20,22)(H,23,24). The van der Waals surface area contributed by atoms with Gasteiger partial charge in [-0.15, -0.1) is 18.3 Å². The first-order valence-electron chi connectivity index (χ1n) is 8.65. The largest absolute Gasteiger partial charge is 0.481 e. The van der Waals surface area contributed by atoms with Crippen LogP contribution in [0, 0.1) is 5.92 Å². The molecule has 1 saturated heterocycles. The van der Waals surface area contributed by atoms with E-state index in [9.17, 15) is 9.59 Å². The molecule has 5 nitrogen and oxygen atoms in total. The lowest BCUT2D eigenvalue weighted by atomic mass is 9.93. The quantitative estimate of drug-likeness (QED) is 0.520. The molecule has 1 aliphatic heterocycles. The predicted octanol–water partition coefficient (Wildman–Crippen LogP) is 3.48. The Morgan fingerprint density at radius 2 is 2.20 bits per heavy atom. The van der Waals surface area contributed by atoms with Crippen LogP contribution >= 0.6 is 11.8 Å². The number of amides is 1. The monoisotopic (exact) mass is 362 g/mol. The van der Waals surface area contributed by atoms with Gasteiger partial charge in [-0.25, -0.2) is 0 Å². The number of likely N-dealkylation sites (tertiary alicyclic amines) is 1. The van der Waals surface area contributed by atoms with E-state index in [2.05, 4.69) is 16.8 Å². The molecule has 6 heteroatoms. The van der Waals surface area contributed by atoms with Gasteiger partial charge in [0.1, 0.15) is 0 Å². The number of nitrogens with zero attached hydrogens (tertiary/aromatic N) is 1. The van der Waals surface area contributed by atoms with Gasteiger partial charge in [-0.05, 0) is 43.9 Å². The van der Waals surface area contributed by atoms with Crippen LogP contribution < -0.4 is 5.32 Å². The summed E-state index contributed by atoms with van der Waals surface area (Å²) in [6, 6.07) is 7.77. The van der Waals surface area contributed by atoms with Crippen molar-refractivity contribution >= 4 is 29.3 Å². The number of piperidine rings is 1. The van der Waals surface area contributed by atoms with Crippen molar-refractivity contribution in [1.82, 2.24) is 4.90 Å². The highest BCUT2D eigenvalue weighted by Gasteiger charge is 2.22. The number of hydrogen-bond donors (Lipinski definition) is 2. The van der Waals surface area contributed by atoms with Crippen molar-refractivity contribution in [3.05, 3.63) is 36.9 Å². The number of carbonyl (C=O) groups excluding carboxylic acids is 1. The first-order chi connectivity index (χ1) is 12.1. The fraction of sp³-hybridized carbons (Fsp3) is 0.474. The molecule has 1 atom stereocenters. The Hall–Kier alpha value is -1.79. The zero-order valence-electron chi connectivity index (χ0n) is 14.4. The molecule has 1 aromatic rings. The molecule has 1 amide bonds. The second-order valence-corrected chi connectivity index (χ2v) is 7.38. The van der Waals surface area contributed by atoms with E-state index in [0.29, 0.717) is 18.9 Å². The van der Waals surface area contributed by atoms with Gasteiger partial charge in [0, 0.05) is 23.6 Å². The Balaban J connectivity index is 1.85. The molecule has 2 rings (SSSR count). The first kappa shape index (κ1) is 19.5. The zero-order valence-corrected chi connectivity index (χ0v) is 15.3. The maximum atomic E-state index is 12.4. The SMILES string of the molecule is C=CCSc1ccccc1NC(=O)CN1CCCC(CCC(=O)O)C1. The summed E-state index contributed by atoms with van der Waals surface area (Å²) in [5, 5.41) is 11.8. The van der Waals surface area contributed by atoms with Crippen molar-refractivity contribution < 1.29 is 14.7 Å². The molecule has 1 aliphatic rings. The fourth-order valence-electron chi connectivity index (χ4n) is 3.10. The summed E-state index contributed by atoms with van der Waals surface area (Å²) in [7, 11) is 0. The van der Waals surface area contributed by atoms with E-state index in [-0.39, 0.29) is 12.3 Å². The topological polar surface area (TPSA) is 69.6 Å². The van der Waals surface area contributed by atoms with Gasteiger partial charge >= 0.3 is 5.97 Å². The third-order valence-corrected chi connectivity index (χ3v) is 5.32. The number of rotatable bonds is 9. The Morgan fingerprint density at radius 3 is 2.96 bits per heavy atom. The number of carbonyl (C=O) groups is 2. The molecule has 0 aromatic heterocycles. The highest BCUT2D eigenvalue weighted by Crippen LogP contribution is 2.27. The average molecular weight is 362 g/mol. The van der Waals surface area contributed by atoms with E-state index in [1.165, 1.54) is 0 Å². The number of nitrogens with one attached hydrogen (secondary N) is 1. The van der Waals surface area contributed by atoms with Crippen LogP contribution in [0.1, 0.15) is 25.7 Å². The number of hydrogen-bond acceptors (Lipinski definition) is 4. The van der Waals surface area contributed by atoms with Crippen LogP contribution in [-0.4, -0.2) is 47.3 Å². The van der Waals surface area contributed by atoms with E-state index in [0.717, 1.165) is 42.3 Å². The van der Waals surface area contributed by atoms with E-state index in [1.54, 1.807) is 11.8 Å². The van der Waals surface area contributed by atoms with Gasteiger partial charge in [0.05, 0.1) is 12.2 Å². The number of para-hydroxylation sites is 1. The lowest BCUT2D eigenvalue weighted by molar-refractivity contribution is -0.137. The van der Waals surface area contributed by atoms with E-state index < -0.39 is 5.97 Å². The number of benzene rings is 1. The zero-order chi connectivity index (χ0) is 18.1. The van der Waals surface area contributed by atoms with Gasteiger partial charge < -0.3 is 10.4 Å². The summed E-state index contributed by atoms with van der Waals surface area (Å²) in [5.41, 5.74) is 0.832. The summed E-state index contributed by atoms with van der Waals surface area (Å²) >= 11 is 1.64. The van der Waals surface area contributed by atoms with Gasteiger partial charge in [0.15, 0.2) is 0 Å². The van der Waals surface area contributed by atoms with E-state index in [1.807, 2.05) is 30.3 Å². The van der Waals surface area contributed by atoms with Crippen molar-refractivity contribution in [2.45, 2.75) is 30.6 Å². The number of anilines is 1. The molecule has 1 heterocycles. The smallest absolute Gasteiger partial charge is 0.303 e. The molecule has 1 unspecified atom stereocenters. The normalized spacial score (nSPS) is 17.8. The van der Waals surface area contributed by atoms with Crippen LogP contribution in [0.3, 0.4) is 0 Å². The second-order valence-electron chi connectivity index (χ2n) is 6.32. The molecule has 0 radical (unpaired) electrons. The molecular formula is C19H26N2O3S. The van der Waals surface area contributed by atoms with E-state index in [4.69, 9.17) is 5.11 Å². The van der Waals surface area contributed by atoms with Crippen LogP contribution in [0.4, 0.5) is 5.69 Å². The number of aliphatic carboxylic acids is 1. The molecular weight excluding hydrogens is 336 g/mol. The summed E-state index contributed by atoms with van der Waals surface area (Å²) in [4.78, 5) is 26.3.